The summed E-state index contributed by atoms with van der Waals surface area (Å²) in [6, 6.07) is 5.68. The summed E-state index contributed by atoms with van der Waals surface area (Å²) in [5.74, 6) is 5.50. The normalized spacial score (nSPS) is 10.0. The Balaban J connectivity index is 2.05. The second-order valence-corrected chi connectivity index (χ2v) is 5.60. The van der Waals surface area contributed by atoms with Gasteiger partial charge in [0.05, 0.1) is 6.54 Å². The fraction of sp³-hybridized carbons (Fsp3) is 0.312. The van der Waals surface area contributed by atoms with E-state index in [0.717, 1.165) is 17.0 Å². The molecule has 0 aliphatic heterocycles. The van der Waals surface area contributed by atoms with E-state index in [1.54, 1.807) is 23.3 Å². The number of aliphatic hydroxyl groups is 1. The van der Waals surface area contributed by atoms with E-state index in [1.165, 1.54) is 0 Å². The predicted molar refractivity (Wildman–Crippen MR) is 84.2 cm³/mol. The van der Waals surface area contributed by atoms with Gasteiger partial charge in [-0.1, -0.05) is 11.8 Å². The first kappa shape index (κ1) is 15.4. The number of carbonyl (C=O) groups is 1. The van der Waals surface area contributed by atoms with Gasteiger partial charge in [0.2, 0.25) is 0 Å². The van der Waals surface area contributed by atoms with Crippen LogP contribution in [-0.2, 0) is 13.1 Å². The van der Waals surface area contributed by atoms with Crippen LogP contribution in [0.1, 0.15) is 27.9 Å². The Labute approximate surface area is 128 Å². The molecule has 0 radical (unpaired) electrons. The summed E-state index contributed by atoms with van der Waals surface area (Å²) in [4.78, 5) is 15.2. The number of aliphatic hydroxyl groups excluding tert-OH is 1. The zero-order valence-electron chi connectivity index (χ0n) is 12.2. The Bertz CT molecular complexity index is 676. The van der Waals surface area contributed by atoms with Crippen molar-refractivity contribution in [1.82, 2.24) is 9.47 Å². The van der Waals surface area contributed by atoms with Gasteiger partial charge >= 0.3 is 0 Å². The van der Waals surface area contributed by atoms with E-state index in [-0.39, 0.29) is 12.5 Å². The minimum atomic E-state index is -0.141. The molecular weight excluding hydrogens is 284 g/mol. The van der Waals surface area contributed by atoms with E-state index in [1.807, 2.05) is 41.3 Å². The van der Waals surface area contributed by atoms with Gasteiger partial charge in [-0.15, -0.1) is 11.3 Å². The summed E-state index contributed by atoms with van der Waals surface area (Å²) in [5, 5.41) is 10.6. The Morgan fingerprint density at radius 3 is 3.05 bits per heavy atom. The topological polar surface area (TPSA) is 45.5 Å². The van der Waals surface area contributed by atoms with Crippen molar-refractivity contribution in [3.8, 4) is 11.8 Å². The molecule has 4 nitrogen and oxygen atoms in total. The van der Waals surface area contributed by atoms with E-state index < -0.39 is 0 Å². The van der Waals surface area contributed by atoms with Crippen LogP contribution in [0.2, 0.25) is 0 Å². The third-order valence-corrected chi connectivity index (χ3v) is 4.02. The Hall–Kier alpha value is -2.03. The van der Waals surface area contributed by atoms with Crippen molar-refractivity contribution in [1.29, 1.82) is 0 Å². The molecule has 21 heavy (non-hydrogen) atoms. The SMILES string of the molecule is CCn1cccc1C(=O)N(C)Cc1cc(C#CCO)cs1. The minimum absolute atomic E-state index is 0.0123. The van der Waals surface area contributed by atoms with Gasteiger partial charge in [-0.25, -0.2) is 0 Å². The van der Waals surface area contributed by atoms with Gasteiger partial charge in [-0.3, -0.25) is 4.79 Å². The summed E-state index contributed by atoms with van der Waals surface area (Å²) < 4.78 is 1.94. The molecule has 2 rings (SSSR count). The molecule has 0 aromatic carbocycles. The lowest BCUT2D eigenvalue weighted by Gasteiger charge is -2.17. The standard InChI is InChI=1S/C16H18N2O2S/c1-3-18-8-4-7-15(18)16(20)17(2)11-14-10-13(12-21-14)6-5-9-19/h4,7-8,10,12,19H,3,9,11H2,1-2H3. The quantitative estimate of drug-likeness (QED) is 0.880. The van der Waals surface area contributed by atoms with Crippen LogP contribution < -0.4 is 0 Å². The fourth-order valence-electron chi connectivity index (χ4n) is 2.06. The van der Waals surface area contributed by atoms with Crippen LogP contribution in [0.5, 0.6) is 0 Å². The van der Waals surface area contributed by atoms with Crippen LogP contribution in [0.15, 0.2) is 29.8 Å². The number of nitrogens with zero attached hydrogens (tertiary/aromatic N) is 2. The van der Waals surface area contributed by atoms with Crippen molar-refractivity contribution in [2.75, 3.05) is 13.7 Å². The van der Waals surface area contributed by atoms with Gasteiger partial charge in [0.1, 0.15) is 12.3 Å². The third kappa shape index (κ3) is 3.75. The summed E-state index contributed by atoms with van der Waals surface area (Å²) in [6.07, 6.45) is 1.91. The minimum Gasteiger partial charge on any atom is -0.384 e. The van der Waals surface area contributed by atoms with Crippen LogP contribution in [-0.4, -0.2) is 34.1 Å². The molecule has 2 aromatic rings. The number of carbonyl (C=O) groups excluding carboxylic acids is 1. The van der Waals surface area contributed by atoms with E-state index in [9.17, 15) is 4.79 Å². The summed E-state index contributed by atoms with van der Waals surface area (Å²) >= 11 is 1.57. The number of aromatic nitrogens is 1. The highest BCUT2D eigenvalue weighted by Gasteiger charge is 2.15. The van der Waals surface area contributed by atoms with Gasteiger partial charge in [-0.05, 0) is 25.1 Å². The number of rotatable bonds is 4. The molecule has 0 aliphatic carbocycles. The molecular formula is C16H18N2O2S. The van der Waals surface area contributed by atoms with E-state index in [2.05, 4.69) is 11.8 Å². The maximum Gasteiger partial charge on any atom is 0.270 e. The van der Waals surface area contributed by atoms with Crippen LogP contribution >= 0.6 is 11.3 Å². The second-order valence-electron chi connectivity index (χ2n) is 4.60. The molecule has 2 heterocycles. The molecule has 2 aromatic heterocycles. The molecule has 0 saturated heterocycles. The second kappa shape index (κ2) is 7.11. The van der Waals surface area contributed by atoms with Crippen molar-refractivity contribution in [3.05, 3.63) is 45.9 Å². The number of thiophene rings is 1. The van der Waals surface area contributed by atoms with Crippen molar-refractivity contribution in [3.63, 3.8) is 0 Å². The monoisotopic (exact) mass is 302 g/mol. The maximum atomic E-state index is 12.4. The molecule has 0 spiro atoms. The van der Waals surface area contributed by atoms with Gasteiger partial charge in [0.25, 0.3) is 5.91 Å². The number of hydrogen-bond acceptors (Lipinski definition) is 3. The van der Waals surface area contributed by atoms with Crippen LogP contribution in [0.25, 0.3) is 0 Å². The van der Waals surface area contributed by atoms with Gasteiger partial charge in [-0.2, -0.15) is 0 Å². The molecule has 5 heteroatoms. The molecule has 0 aliphatic rings. The molecule has 0 unspecified atom stereocenters. The van der Waals surface area contributed by atoms with E-state index in [4.69, 9.17) is 5.11 Å². The van der Waals surface area contributed by atoms with Crippen molar-refractivity contribution in [2.24, 2.45) is 0 Å². The number of amides is 1. The largest absolute Gasteiger partial charge is 0.384 e. The molecule has 0 saturated carbocycles. The first-order valence-electron chi connectivity index (χ1n) is 6.73. The smallest absolute Gasteiger partial charge is 0.270 e. The Morgan fingerprint density at radius 2 is 2.33 bits per heavy atom. The van der Waals surface area contributed by atoms with E-state index in [0.29, 0.717) is 12.2 Å². The molecule has 1 amide bonds. The average Bonchev–Trinajstić information content (AvgIpc) is 3.12. The van der Waals surface area contributed by atoms with Gasteiger partial charge < -0.3 is 14.6 Å². The lowest BCUT2D eigenvalue weighted by atomic mass is 10.3. The molecule has 0 atom stereocenters. The summed E-state index contributed by atoms with van der Waals surface area (Å²) in [7, 11) is 1.80. The summed E-state index contributed by atoms with van der Waals surface area (Å²) in [6.45, 7) is 3.21. The van der Waals surface area contributed by atoms with Gasteiger partial charge in [0, 0.05) is 35.6 Å². The highest BCUT2D eigenvalue weighted by atomic mass is 32.1. The highest BCUT2D eigenvalue weighted by molar-refractivity contribution is 7.10. The van der Waals surface area contributed by atoms with Crippen molar-refractivity contribution < 1.29 is 9.90 Å². The van der Waals surface area contributed by atoms with Crippen LogP contribution in [0.4, 0.5) is 0 Å². The molecule has 110 valence electrons. The van der Waals surface area contributed by atoms with Gasteiger partial charge in [0.15, 0.2) is 0 Å². The first-order chi connectivity index (χ1) is 10.2. The third-order valence-electron chi connectivity index (χ3n) is 3.09. The average molecular weight is 302 g/mol. The first-order valence-corrected chi connectivity index (χ1v) is 7.61. The van der Waals surface area contributed by atoms with Crippen LogP contribution in [0.3, 0.4) is 0 Å². The number of hydrogen-bond donors (Lipinski definition) is 1. The van der Waals surface area contributed by atoms with Crippen molar-refractivity contribution >= 4 is 17.2 Å². The molecule has 0 fully saturated rings. The van der Waals surface area contributed by atoms with Crippen molar-refractivity contribution in [2.45, 2.75) is 20.0 Å². The Morgan fingerprint density at radius 1 is 1.52 bits per heavy atom. The zero-order valence-corrected chi connectivity index (χ0v) is 13.0. The molecule has 1 N–H and O–H groups in total. The fourth-order valence-corrected chi connectivity index (χ4v) is 2.92. The molecule has 0 bridgehead atoms. The number of aryl methyl sites for hydroxylation is 1. The van der Waals surface area contributed by atoms with Crippen LogP contribution in [0, 0.1) is 11.8 Å². The summed E-state index contributed by atoms with van der Waals surface area (Å²) in [5.41, 5.74) is 1.58. The predicted octanol–water partition coefficient (Wildman–Crippen LogP) is 2.19. The lowest BCUT2D eigenvalue weighted by Crippen LogP contribution is -2.27. The highest BCUT2D eigenvalue weighted by Crippen LogP contribution is 2.17. The maximum absolute atomic E-state index is 12.4. The Kier molecular flexibility index (Phi) is 5.20. The lowest BCUT2D eigenvalue weighted by molar-refractivity contribution is 0.0776. The zero-order chi connectivity index (χ0) is 15.2. The van der Waals surface area contributed by atoms with E-state index >= 15 is 0 Å².